The van der Waals surface area contributed by atoms with Gasteiger partial charge in [0.1, 0.15) is 0 Å². The first kappa shape index (κ1) is 15.8. The summed E-state index contributed by atoms with van der Waals surface area (Å²) in [7, 11) is 1.30. The molecule has 1 aliphatic rings. The first-order chi connectivity index (χ1) is 10.1. The van der Waals surface area contributed by atoms with E-state index in [0.717, 1.165) is 19.3 Å². The number of rotatable bonds is 4. The van der Waals surface area contributed by atoms with Gasteiger partial charge in [-0.05, 0) is 43.5 Å². The van der Waals surface area contributed by atoms with E-state index in [1.165, 1.54) is 7.11 Å². The molecule has 1 aliphatic carbocycles. The van der Waals surface area contributed by atoms with Gasteiger partial charge in [-0.2, -0.15) is 0 Å². The zero-order valence-electron chi connectivity index (χ0n) is 11.9. The Hall–Kier alpha value is -1.59. The summed E-state index contributed by atoms with van der Waals surface area (Å²) in [6.45, 7) is 0.498. The molecule has 1 amide bonds. The van der Waals surface area contributed by atoms with E-state index in [-0.39, 0.29) is 23.3 Å². The fourth-order valence-electron chi connectivity index (χ4n) is 2.80. The van der Waals surface area contributed by atoms with E-state index in [0.29, 0.717) is 17.3 Å². The highest BCUT2D eigenvalue weighted by atomic mass is 35.5. The number of hydrogen-bond acceptors (Lipinski definition) is 4. The van der Waals surface area contributed by atoms with E-state index in [2.05, 4.69) is 5.32 Å². The third-order valence-electron chi connectivity index (χ3n) is 3.94. The normalized spacial score (nSPS) is 21.1. The van der Waals surface area contributed by atoms with Crippen LogP contribution in [0, 0.1) is 11.8 Å². The lowest BCUT2D eigenvalue weighted by Gasteiger charge is -2.18. The molecule has 3 N–H and O–H groups in total. The van der Waals surface area contributed by atoms with Crippen LogP contribution in [0.1, 0.15) is 29.6 Å². The summed E-state index contributed by atoms with van der Waals surface area (Å²) in [5.74, 6) is -0.538. The Bertz CT molecular complexity index is 548. The molecule has 1 aromatic carbocycles. The summed E-state index contributed by atoms with van der Waals surface area (Å²) in [6, 6.07) is 4.68. The van der Waals surface area contributed by atoms with Crippen molar-refractivity contribution < 1.29 is 14.3 Å². The van der Waals surface area contributed by atoms with Crippen molar-refractivity contribution in [2.45, 2.75) is 19.3 Å². The van der Waals surface area contributed by atoms with Crippen molar-refractivity contribution in [1.29, 1.82) is 0 Å². The number of esters is 1. The van der Waals surface area contributed by atoms with Gasteiger partial charge in [0.25, 0.3) is 0 Å². The average molecular weight is 311 g/mol. The minimum absolute atomic E-state index is 0.112. The largest absolute Gasteiger partial charge is 0.465 e. The van der Waals surface area contributed by atoms with Crippen molar-refractivity contribution in [2.24, 2.45) is 17.6 Å². The van der Waals surface area contributed by atoms with Crippen LogP contribution in [0.3, 0.4) is 0 Å². The van der Waals surface area contributed by atoms with Gasteiger partial charge in [0.15, 0.2) is 0 Å². The van der Waals surface area contributed by atoms with Gasteiger partial charge < -0.3 is 15.8 Å². The van der Waals surface area contributed by atoms with Crippen LogP contribution >= 0.6 is 11.6 Å². The number of carbonyl (C=O) groups excluding carboxylic acids is 2. The van der Waals surface area contributed by atoms with Crippen LogP contribution in [0.2, 0.25) is 5.02 Å². The second-order valence-electron chi connectivity index (χ2n) is 5.20. The third kappa shape index (κ3) is 3.54. The number of nitrogens with two attached hydrogens (primary N) is 1. The number of benzene rings is 1. The van der Waals surface area contributed by atoms with Crippen molar-refractivity contribution in [1.82, 2.24) is 0 Å². The zero-order chi connectivity index (χ0) is 15.4. The van der Waals surface area contributed by atoms with Crippen LogP contribution in [0.5, 0.6) is 0 Å². The highest BCUT2D eigenvalue weighted by Gasteiger charge is 2.32. The molecule has 0 bridgehead atoms. The van der Waals surface area contributed by atoms with Gasteiger partial charge in [-0.3, -0.25) is 4.79 Å². The van der Waals surface area contributed by atoms with Gasteiger partial charge in [-0.25, -0.2) is 4.79 Å². The van der Waals surface area contributed by atoms with E-state index in [4.69, 9.17) is 22.1 Å². The maximum atomic E-state index is 12.4. The van der Waals surface area contributed by atoms with Crippen LogP contribution in [-0.4, -0.2) is 25.5 Å². The summed E-state index contributed by atoms with van der Waals surface area (Å²) in [6.07, 6.45) is 2.79. The molecule has 0 radical (unpaired) electrons. The number of hydrogen-bond donors (Lipinski definition) is 2. The molecule has 1 aromatic rings. The number of ether oxygens (including phenoxy) is 1. The summed E-state index contributed by atoms with van der Waals surface area (Å²) >= 11 is 5.94. The zero-order valence-corrected chi connectivity index (χ0v) is 12.7. The minimum Gasteiger partial charge on any atom is -0.465 e. The van der Waals surface area contributed by atoms with Gasteiger partial charge in [-0.1, -0.05) is 18.0 Å². The number of nitrogens with one attached hydrogen (secondary N) is 1. The standard InChI is InChI=1S/C15H19ClN2O3/c1-21-15(20)12-6-5-10(16)7-13(12)18-14(19)11-4-2-3-9(11)8-17/h5-7,9,11H,2-4,8,17H2,1H3,(H,18,19). The SMILES string of the molecule is COC(=O)c1ccc(Cl)cc1NC(=O)C1CCCC1CN. The third-order valence-corrected chi connectivity index (χ3v) is 4.18. The van der Waals surface area contributed by atoms with Crippen LogP contribution in [-0.2, 0) is 9.53 Å². The van der Waals surface area contributed by atoms with Gasteiger partial charge in [-0.15, -0.1) is 0 Å². The van der Waals surface area contributed by atoms with Gasteiger partial charge in [0.2, 0.25) is 5.91 Å². The van der Waals surface area contributed by atoms with Gasteiger partial charge >= 0.3 is 5.97 Å². The smallest absolute Gasteiger partial charge is 0.339 e. The number of halogens is 1. The fraction of sp³-hybridized carbons (Fsp3) is 0.467. The predicted molar refractivity (Wildman–Crippen MR) is 81.3 cm³/mol. The minimum atomic E-state index is -0.510. The molecule has 1 fully saturated rings. The molecular formula is C15H19ClN2O3. The lowest BCUT2D eigenvalue weighted by molar-refractivity contribution is -0.120. The van der Waals surface area contributed by atoms with Crippen LogP contribution in [0.4, 0.5) is 5.69 Å². The Labute approximate surface area is 128 Å². The van der Waals surface area contributed by atoms with Crippen molar-refractivity contribution in [3.63, 3.8) is 0 Å². The molecule has 0 spiro atoms. The topological polar surface area (TPSA) is 81.4 Å². The molecule has 5 nitrogen and oxygen atoms in total. The van der Waals surface area contributed by atoms with Crippen molar-refractivity contribution in [2.75, 3.05) is 19.0 Å². The lowest BCUT2D eigenvalue weighted by atomic mass is 9.95. The predicted octanol–water partition coefficient (Wildman–Crippen LogP) is 2.44. The molecule has 2 rings (SSSR count). The lowest BCUT2D eigenvalue weighted by Crippen LogP contribution is -2.30. The van der Waals surface area contributed by atoms with Gasteiger partial charge in [0.05, 0.1) is 18.4 Å². The molecule has 0 aliphatic heterocycles. The Morgan fingerprint density at radius 1 is 1.43 bits per heavy atom. The molecule has 1 saturated carbocycles. The Kier molecular flexibility index (Phi) is 5.20. The Balaban J connectivity index is 2.20. The number of anilines is 1. The Morgan fingerprint density at radius 3 is 2.86 bits per heavy atom. The first-order valence-electron chi connectivity index (χ1n) is 6.95. The molecule has 114 valence electrons. The van der Waals surface area contributed by atoms with Gasteiger partial charge in [0, 0.05) is 10.9 Å². The number of methoxy groups -OCH3 is 1. The monoisotopic (exact) mass is 310 g/mol. The first-order valence-corrected chi connectivity index (χ1v) is 7.33. The van der Waals surface area contributed by atoms with E-state index < -0.39 is 5.97 Å². The summed E-state index contributed by atoms with van der Waals surface area (Å²) in [4.78, 5) is 24.1. The quantitative estimate of drug-likeness (QED) is 0.837. The average Bonchev–Trinajstić information content (AvgIpc) is 2.95. The molecule has 2 atom stereocenters. The molecule has 6 heteroatoms. The molecule has 0 heterocycles. The van der Waals surface area contributed by atoms with Crippen molar-refractivity contribution in [3.05, 3.63) is 28.8 Å². The van der Waals surface area contributed by atoms with E-state index in [1.807, 2.05) is 0 Å². The summed E-state index contributed by atoms with van der Waals surface area (Å²) in [5.41, 5.74) is 6.37. The van der Waals surface area contributed by atoms with Crippen molar-refractivity contribution in [3.8, 4) is 0 Å². The molecule has 21 heavy (non-hydrogen) atoms. The summed E-state index contributed by atoms with van der Waals surface area (Å²) < 4.78 is 4.71. The second kappa shape index (κ2) is 6.91. The molecule has 0 aromatic heterocycles. The van der Waals surface area contributed by atoms with E-state index in [1.54, 1.807) is 18.2 Å². The summed E-state index contributed by atoms with van der Waals surface area (Å²) in [5, 5.41) is 3.24. The van der Waals surface area contributed by atoms with E-state index in [9.17, 15) is 9.59 Å². The number of carbonyl (C=O) groups is 2. The van der Waals surface area contributed by atoms with E-state index >= 15 is 0 Å². The molecular weight excluding hydrogens is 292 g/mol. The second-order valence-corrected chi connectivity index (χ2v) is 5.64. The maximum absolute atomic E-state index is 12.4. The highest BCUT2D eigenvalue weighted by Crippen LogP contribution is 2.32. The van der Waals surface area contributed by atoms with Crippen molar-refractivity contribution >= 4 is 29.2 Å². The number of amides is 1. The maximum Gasteiger partial charge on any atom is 0.339 e. The van der Waals surface area contributed by atoms with Crippen LogP contribution < -0.4 is 11.1 Å². The fourth-order valence-corrected chi connectivity index (χ4v) is 2.97. The Morgan fingerprint density at radius 2 is 2.19 bits per heavy atom. The molecule has 0 saturated heterocycles. The van der Waals surface area contributed by atoms with Crippen LogP contribution in [0.25, 0.3) is 0 Å². The molecule has 2 unspecified atom stereocenters. The highest BCUT2D eigenvalue weighted by molar-refractivity contribution is 6.31. The van der Waals surface area contributed by atoms with Crippen LogP contribution in [0.15, 0.2) is 18.2 Å².